The van der Waals surface area contributed by atoms with Crippen molar-refractivity contribution in [3.05, 3.63) is 29.8 Å². The molecule has 118 valence electrons. The minimum Gasteiger partial charge on any atom is -0.481 e. The zero-order valence-electron chi connectivity index (χ0n) is 13.8. The molecule has 0 spiro atoms. The molecule has 0 aromatic heterocycles. The van der Waals surface area contributed by atoms with Crippen molar-refractivity contribution in [2.75, 3.05) is 0 Å². The van der Waals surface area contributed by atoms with Crippen molar-refractivity contribution in [2.45, 2.75) is 65.8 Å². The number of nitrogens with one attached hydrogen (secondary N) is 2. The number of carbonyl (C=O) groups excluding carboxylic acids is 1. The van der Waals surface area contributed by atoms with Gasteiger partial charge in [0, 0.05) is 18.6 Å². The maximum absolute atomic E-state index is 11.9. The molecule has 0 radical (unpaired) electrons. The lowest BCUT2D eigenvalue weighted by Crippen LogP contribution is -2.40. The summed E-state index contributed by atoms with van der Waals surface area (Å²) in [5.41, 5.74) is 1.20. The summed E-state index contributed by atoms with van der Waals surface area (Å²) in [5, 5.41) is 6.28. The highest BCUT2D eigenvalue weighted by Crippen LogP contribution is 2.14. The maximum Gasteiger partial charge on any atom is 0.260 e. The fraction of sp³-hybridized carbons (Fsp3) is 0.588. The second-order valence-corrected chi connectivity index (χ2v) is 5.76. The number of amides is 1. The number of carbonyl (C=O) groups is 1. The maximum atomic E-state index is 11.9. The second kappa shape index (κ2) is 8.67. The molecule has 0 saturated carbocycles. The van der Waals surface area contributed by atoms with Crippen LogP contribution in [0.4, 0.5) is 0 Å². The van der Waals surface area contributed by atoms with Crippen LogP contribution < -0.4 is 15.4 Å². The minimum absolute atomic E-state index is 0.0742. The highest BCUT2D eigenvalue weighted by atomic mass is 16.5. The van der Waals surface area contributed by atoms with E-state index in [1.165, 1.54) is 5.56 Å². The molecule has 0 aliphatic heterocycles. The van der Waals surface area contributed by atoms with Crippen LogP contribution >= 0.6 is 0 Å². The predicted octanol–water partition coefficient (Wildman–Crippen LogP) is 2.87. The Morgan fingerprint density at radius 3 is 2.29 bits per heavy atom. The van der Waals surface area contributed by atoms with Gasteiger partial charge in [0.1, 0.15) is 5.75 Å². The molecular formula is C17H28N2O2. The van der Waals surface area contributed by atoms with Gasteiger partial charge in [0.05, 0.1) is 0 Å². The Kier molecular flexibility index (Phi) is 7.23. The van der Waals surface area contributed by atoms with E-state index in [0.29, 0.717) is 6.04 Å². The monoisotopic (exact) mass is 292 g/mol. The Bertz CT molecular complexity index is 429. The van der Waals surface area contributed by atoms with Crippen LogP contribution in [0.3, 0.4) is 0 Å². The molecule has 2 N–H and O–H groups in total. The van der Waals surface area contributed by atoms with Crippen LogP contribution in [0.2, 0.25) is 0 Å². The number of hydrogen-bond acceptors (Lipinski definition) is 3. The van der Waals surface area contributed by atoms with Gasteiger partial charge in [-0.1, -0.05) is 32.9 Å². The molecule has 21 heavy (non-hydrogen) atoms. The van der Waals surface area contributed by atoms with E-state index in [-0.39, 0.29) is 11.9 Å². The minimum atomic E-state index is -0.487. The van der Waals surface area contributed by atoms with Crippen molar-refractivity contribution in [3.63, 3.8) is 0 Å². The summed E-state index contributed by atoms with van der Waals surface area (Å²) in [5.74, 6) is 0.644. The average Bonchev–Trinajstić information content (AvgIpc) is 2.46. The van der Waals surface area contributed by atoms with Crippen LogP contribution in [0.5, 0.6) is 5.75 Å². The van der Waals surface area contributed by atoms with Gasteiger partial charge < -0.3 is 15.4 Å². The molecule has 1 rings (SSSR count). The zero-order valence-corrected chi connectivity index (χ0v) is 13.8. The van der Waals surface area contributed by atoms with E-state index in [4.69, 9.17) is 4.74 Å². The molecule has 0 aliphatic carbocycles. The highest BCUT2D eigenvalue weighted by Gasteiger charge is 2.16. The Morgan fingerprint density at radius 1 is 1.14 bits per heavy atom. The number of benzene rings is 1. The molecule has 0 fully saturated rings. The summed E-state index contributed by atoms with van der Waals surface area (Å²) < 4.78 is 5.67. The van der Waals surface area contributed by atoms with E-state index in [2.05, 4.69) is 24.5 Å². The van der Waals surface area contributed by atoms with Crippen molar-refractivity contribution in [3.8, 4) is 5.75 Å². The topological polar surface area (TPSA) is 50.4 Å². The average molecular weight is 292 g/mol. The van der Waals surface area contributed by atoms with Crippen LogP contribution in [-0.4, -0.2) is 24.1 Å². The molecule has 2 unspecified atom stereocenters. The van der Waals surface area contributed by atoms with Crippen LogP contribution in [0.15, 0.2) is 24.3 Å². The third kappa shape index (κ3) is 6.63. The summed E-state index contributed by atoms with van der Waals surface area (Å²) in [6.45, 7) is 10.9. The first-order valence-corrected chi connectivity index (χ1v) is 7.71. The van der Waals surface area contributed by atoms with Crippen molar-refractivity contribution < 1.29 is 9.53 Å². The van der Waals surface area contributed by atoms with Gasteiger partial charge in [-0.15, -0.1) is 0 Å². The third-order valence-corrected chi connectivity index (χ3v) is 3.32. The quantitative estimate of drug-likeness (QED) is 0.774. The van der Waals surface area contributed by atoms with Crippen molar-refractivity contribution in [2.24, 2.45) is 0 Å². The van der Waals surface area contributed by atoms with Gasteiger partial charge >= 0.3 is 0 Å². The van der Waals surface area contributed by atoms with E-state index in [9.17, 15) is 4.79 Å². The van der Waals surface area contributed by atoms with E-state index in [0.717, 1.165) is 18.7 Å². The summed E-state index contributed by atoms with van der Waals surface area (Å²) in [4.78, 5) is 11.9. The van der Waals surface area contributed by atoms with Gasteiger partial charge in [0.15, 0.2) is 6.10 Å². The van der Waals surface area contributed by atoms with E-state index >= 15 is 0 Å². The first-order valence-electron chi connectivity index (χ1n) is 7.71. The molecule has 1 amide bonds. The van der Waals surface area contributed by atoms with Crippen molar-refractivity contribution >= 4 is 5.91 Å². The van der Waals surface area contributed by atoms with Gasteiger partial charge in [0.2, 0.25) is 0 Å². The van der Waals surface area contributed by atoms with Gasteiger partial charge in [-0.2, -0.15) is 0 Å². The van der Waals surface area contributed by atoms with E-state index in [1.807, 2.05) is 38.1 Å². The Balaban J connectivity index is 2.49. The second-order valence-electron chi connectivity index (χ2n) is 5.76. The van der Waals surface area contributed by atoms with E-state index < -0.39 is 6.10 Å². The predicted molar refractivity (Wildman–Crippen MR) is 86.4 cm³/mol. The van der Waals surface area contributed by atoms with Gasteiger partial charge in [0.25, 0.3) is 5.91 Å². The lowest BCUT2D eigenvalue weighted by Gasteiger charge is -2.18. The summed E-state index contributed by atoms with van der Waals surface area (Å²) in [6.07, 6.45) is 0.425. The molecule has 2 atom stereocenters. The van der Waals surface area contributed by atoms with Crippen LogP contribution in [0, 0.1) is 0 Å². The fourth-order valence-corrected chi connectivity index (χ4v) is 1.73. The SMILES string of the molecule is CCC(C)NC(=O)C(C)Oc1ccc(CNC(C)C)cc1. The highest BCUT2D eigenvalue weighted by molar-refractivity contribution is 5.80. The number of rotatable bonds is 8. The standard InChI is InChI=1S/C17H28N2O2/c1-6-13(4)19-17(20)14(5)21-16-9-7-15(8-10-16)11-18-12(2)3/h7-10,12-14,18H,6,11H2,1-5H3,(H,19,20). The molecule has 4 nitrogen and oxygen atoms in total. The summed E-state index contributed by atoms with van der Waals surface area (Å²) in [7, 11) is 0. The van der Waals surface area contributed by atoms with Gasteiger partial charge in [-0.05, 0) is 38.0 Å². The Hall–Kier alpha value is -1.55. The Morgan fingerprint density at radius 2 is 1.76 bits per heavy atom. The van der Waals surface area contributed by atoms with Crippen LogP contribution in [0.25, 0.3) is 0 Å². The third-order valence-electron chi connectivity index (χ3n) is 3.32. The molecule has 0 bridgehead atoms. The van der Waals surface area contributed by atoms with Gasteiger partial charge in [-0.3, -0.25) is 4.79 Å². The molecule has 1 aromatic rings. The van der Waals surface area contributed by atoms with Gasteiger partial charge in [-0.25, -0.2) is 0 Å². The zero-order chi connectivity index (χ0) is 15.8. The number of hydrogen-bond donors (Lipinski definition) is 2. The summed E-state index contributed by atoms with van der Waals surface area (Å²) >= 11 is 0. The smallest absolute Gasteiger partial charge is 0.260 e. The largest absolute Gasteiger partial charge is 0.481 e. The van der Waals surface area contributed by atoms with Crippen molar-refractivity contribution in [1.29, 1.82) is 0 Å². The first kappa shape index (κ1) is 17.5. The van der Waals surface area contributed by atoms with Crippen LogP contribution in [0.1, 0.15) is 46.6 Å². The fourth-order valence-electron chi connectivity index (χ4n) is 1.73. The normalized spacial score (nSPS) is 13.8. The molecular weight excluding hydrogens is 264 g/mol. The molecule has 0 heterocycles. The summed E-state index contributed by atoms with van der Waals surface area (Å²) in [6, 6.07) is 8.49. The number of ether oxygens (including phenoxy) is 1. The first-order chi connectivity index (χ1) is 9.92. The van der Waals surface area contributed by atoms with Crippen molar-refractivity contribution in [1.82, 2.24) is 10.6 Å². The lowest BCUT2D eigenvalue weighted by molar-refractivity contribution is -0.127. The lowest BCUT2D eigenvalue weighted by atomic mass is 10.2. The Labute approximate surface area is 128 Å². The molecule has 0 aliphatic rings. The molecule has 4 heteroatoms. The van der Waals surface area contributed by atoms with E-state index in [1.54, 1.807) is 6.92 Å². The van der Waals surface area contributed by atoms with Crippen LogP contribution in [-0.2, 0) is 11.3 Å². The molecule has 1 aromatic carbocycles. The molecule has 0 saturated heterocycles.